The lowest BCUT2D eigenvalue weighted by Gasteiger charge is -2.34. The van der Waals surface area contributed by atoms with E-state index in [-0.39, 0.29) is 23.8 Å². The van der Waals surface area contributed by atoms with Gasteiger partial charge < -0.3 is 25.0 Å². The van der Waals surface area contributed by atoms with Crippen LogP contribution in [0.4, 0.5) is 5.69 Å². The number of anilines is 1. The molecule has 3 aliphatic heterocycles. The topological polar surface area (TPSA) is 97.0 Å². The molecular formula is C27H33Cl2N3O5. The van der Waals surface area contributed by atoms with Crippen molar-refractivity contribution in [2.24, 2.45) is 11.8 Å². The van der Waals surface area contributed by atoms with Crippen LogP contribution < -0.4 is 10.6 Å². The molecule has 1 spiro atoms. The second kappa shape index (κ2) is 10.9. The molecule has 200 valence electrons. The maximum absolute atomic E-state index is 13.9. The molecule has 3 fully saturated rings. The van der Waals surface area contributed by atoms with Gasteiger partial charge in [-0.3, -0.25) is 14.4 Å². The van der Waals surface area contributed by atoms with Crippen LogP contribution in [0.25, 0.3) is 0 Å². The lowest BCUT2D eigenvalue weighted by Crippen LogP contribution is -2.56. The summed E-state index contributed by atoms with van der Waals surface area (Å²) < 4.78 is 11.9. The SMILES string of the molecule is CCOCCCN1C(=O)[C@H]2[C@@H](C(=O)Nc3cc(Cl)cc(Cl)c3)[C@H]3C=C[C@@]2(O3)[C@H]1C(=O)NC1CCCCC1. The Morgan fingerprint density at radius 1 is 1.14 bits per heavy atom. The highest BCUT2D eigenvalue weighted by molar-refractivity contribution is 6.35. The van der Waals surface area contributed by atoms with Crippen LogP contribution in [0, 0.1) is 11.8 Å². The highest BCUT2D eigenvalue weighted by Gasteiger charge is 2.72. The third-order valence-electron chi connectivity index (χ3n) is 7.90. The number of nitrogens with one attached hydrogen (secondary N) is 2. The van der Waals surface area contributed by atoms with Crippen molar-refractivity contribution in [3.63, 3.8) is 0 Å². The molecule has 10 heteroatoms. The molecule has 0 aromatic heterocycles. The fourth-order valence-corrected chi connectivity index (χ4v) is 6.89. The Kier molecular flexibility index (Phi) is 7.82. The van der Waals surface area contributed by atoms with E-state index in [0.29, 0.717) is 41.9 Å². The molecule has 3 heterocycles. The Hall–Kier alpha value is -2.13. The molecule has 0 unspecified atom stereocenters. The van der Waals surface area contributed by atoms with E-state index in [0.717, 1.165) is 25.7 Å². The summed E-state index contributed by atoms with van der Waals surface area (Å²) >= 11 is 12.2. The second-order valence-corrected chi connectivity index (χ2v) is 11.1. The minimum atomic E-state index is -1.18. The van der Waals surface area contributed by atoms with Gasteiger partial charge in [0.25, 0.3) is 0 Å². The molecule has 2 saturated heterocycles. The summed E-state index contributed by atoms with van der Waals surface area (Å²) in [4.78, 5) is 42.7. The van der Waals surface area contributed by atoms with E-state index in [1.54, 1.807) is 23.1 Å². The molecule has 1 aromatic rings. The highest BCUT2D eigenvalue weighted by Crippen LogP contribution is 2.55. The van der Waals surface area contributed by atoms with Crippen molar-refractivity contribution in [2.75, 3.05) is 25.1 Å². The predicted octanol–water partition coefficient (Wildman–Crippen LogP) is 3.96. The van der Waals surface area contributed by atoms with E-state index >= 15 is 0 Å². The van der Waals surface area contributed by atoms with Crippen molar-refractivity contribution in [1.29, 1.82) is 0 Å². The van der Waals surface area contributed by atoms with E-state index in [9.17, 15) is 14.4 Å². The Morgan fingerprint density at radius 3 is 2.57 bits per heavy atom. The standard InChI is InChI=1S/C27H33Cl2N3O5/c1-2-36-12-6-11-32-23(25(34)30-18-7-4-3-5-8-18)27-10-9-20(37-27)21(22(27)26(32)35)24(33)31-19-14-16(28)13-17(29)15-19/h9-10,13-15,18,20-23H,2-8,11-12H2,1H3,(H,30,34)(H,31,33)/t20-,21+,22-,23-,27+/m1/s1. The molecule has 2 bridgehead atoms. The molecule has 4 aliphatic rings. The molecule has 1 aliphatic carbocycles. The zero-order valence-corrected chi connectivity index (χ0v) is 22.4. The summed E-state index contributed by atoms with van der Waals surface area (Å²) in [7, 11) is 0. The fourth-order valence-electron chi connectivity index (χ4n) is 6.37. The van der Waals surface area contributed by atoms with Gasteiger partial charge >= 0.3 is 0 Å². The van der Waals surface area contributed by atoms with E-state index < -0.39 is 29.6 Å². The minimum Gasteiger partial charge on any atom is -0.382 e. The molecule has 5 rings (SSSR count). The first kappa shape index (κ1) is 26.5. The van der Waals surface area contributed by atoms with Gasteiger partial charge in [-0.2, -0.15) is 0 Å². The van der Waals surface area contributed by atoms with Gasteiger partial charge in [0.2, 0.25) is 17.7 Å². The summed E-state index contributed by atoms with van der Waals surface area (Å²) in [6.07, 6.45) is 8.81. The highest BCUT2D eigenvalue weighted by atomic mass is 35.5. The smallest absolute Gasteiger partial charge is 0.246 e. The van der Waals surface area contributed by atoms with Gasteiger partial charge in [-0.15, -0.1) is 0 Å². The van der Waals surface area contributed by atoms with Gasteiger partial charge in [0, 0.05) is 41.5 Å². The molecule has 37 heavy (non-hydrogen) atoms. The number of nitrogens with zero attached hydrogens (tertiary/aromatic N) is 1. The average molecular weight is 550 g/mol. The van der Waals surface area contributed by atoms with Crippen LogP contribution in [-0.4, -0.2) is 66.2 Å². The molecule has 8 nitrogen and oxygen atoms in total. The maximum atomic E-state index is 13.9. The number of benzene rings is 1. The Morgan fingerprint density at radius 2 is 1.86 bits per heavy atom. The minimum absolute atomic E-state index is 0.0892. The van der Waals surface area contributed by atoms with Crippen molar-refractivity contribution < 1.29 is 23.9 Å². The Balaban J connectivity index is 1.41. The summed E-state index contributed by atoms with van der Waals surface area (Å²) in [5.74, 6) is -2.40. The lowest BCUT2D eigenvalue weighted by atomic mass is 9.74. The van der Waals surface area contributed by atoms with Crippen LogP contribution in [0.3, 0.4) is 0 Å². The zero-order chi connectivity index (χ0) is 26.2. The van der Waals surface area contributed by atoms with Gasteiger partial charge in [-0.25, -0.2) is 0 Å². The fraction of sp³-hybridized carbons (Fsp3) is 0.593. The van der Waals surface area contributed by atoms with Gasteiger partial charge in [-0.1, -0.05) is 54.6 Å². The van der Waals surface area contributed by atoms with Crippen LogP contribution in [0.1, 0.15) is 45.4 Å². The Bertz CT molecular complexity index is 1070. The van der Waals surface area contributed by atoms with Gasteiger partial charge in [-0.05, 0) is 44.4 Å². The van der Waals surface area contributed by atoms with E-state index in [2.05, 4.69) is 10.6 Å². The van der Waals surface area contributed by atoms with Gasteiger partial charge in [0.1, 0.15) is 11.6 Å². The number of hydrogen-bond donors (Lipinski definition) is 2. The molecule has 1 saturated carbocycles. The van der Waals surface area contributed by atoms with Crippen molar-refractivity contribution >= 4 is 46.6 Å². The van der Waals surface area contributed by atoms with E-state index in [1.165, 1.54) is 6.42 Å². The number of carbonyl (C=O) groups is 3. The summed E-state index contributed by atoms with van der Waals surface area (Å²) in [5.41, 5.74) is -0.742. The number of ether oxygens (including phenoxy) is 2. The van der Waals surface area contributed by atoms with Crippen molar-refractivity contribution in [3.05, 3.63) is 40.4 Å². The van der Waals surface area contributed by atoms with E-state index in [4.69, 9.17) is 32.7 Å². The van der Waals surface area contributed by atoms with E-state index in [1.807, 2.05) is 19.1 Å². The number of fused-ring (bicyclic) bond motifs is 1. The number of halogens is 2. The molecule has 3 amide bonds. The number of amides is 3. The molecule has 0 radical (unpaired) electrons. The predicted molar refractivity (Wildman–Crippen MR) is 140 cm³/mol. The zero-order valence-electron chi connectivity index (χ0n) is 20.9. The van der Waals surface area contributed by atoms with Gasteiger partial charge in [0.15, 0.2) is 0 Å². The lowest BCUT2D eigenvalue weighted by molar-refractivity contribution is -0.141. The summed E-state index contributed by atoms with van der Waals surface area (Å²) in [6.45, 7) is 3.32. The Labute approximate surface area is 227 Å². The monoisotopic (exact) mass is 549 g/mol. The molecule has 1 aromatic carbocycles. The first-order valence-electron chi connectivity index (χ1n) is 13.2. The summed E-state index contributed by atoms with van der Waals surface area (Å²) in [6, 6.07) is 4.02. The molecule has 2 N–H and O–H groups in total. The third kappa shape index (κ3) is 5.01. The number of carbonyl (C=O) groups excluding carboxylic acids is 3. The first-order valence-corrected chi connectivity index (χ1v) is 13.9. The second-order valence-electron chi connectivity index (χ2n) is 10.3. The normalized spacial score (nSPS) is 30.6. The molecule has 5 atom stereocenters. The number of hydrogen-bond acceptors (Lipinski definition) is 5. The van der Waals surface area contributed by atoms with Crippen LogP contribution in [0.15, 0.2) is 30.4 Å². The first-order chi connectivity index (χ1) is 17.8. The van der Waals surface area contributed by atoms with Crippen LogP contribution in [0.2, 0.25) is 10.0 Å². The van der Waals surface area contributed by atoms with Crippen molar-refractivity contribution in [1.82, 2.24) is 10.2 Å². The van der Waals surface area contributed by atoms with Gasteiger partial charge in [0.05, 0.1) is 17.9 Å². The van der Waals surface area contributed by atoms with Crippen LogP contribution in [0.5, 0.6) is 0 Å². The maximum Gasteiger partial charge on any atom is 0.246 e. The largest absolute Gasteiger partial charge is 0.382 e. The quantitative estimate of drug-likeness (QED) is 0.359. The van der Waals surface area contributed by atoms with Crippen LogP contribution >= 0.6 is 23.2 Å². The van der Waals surface area contributed by atoms with Crippen molar-refractivity contribution in [3.8, 4) is 0 Å². The average Bonchev–Trinajstić information content (AvgIpc) is 3.49. The number of likely N-dealkylation sites (tertiary alicyclic amines) is 1. The van der Waals surface area contributed by atoms with Crippen LogP contribution in [-0.2, 0) is 23.9 Å². The number of rotatable bonds is 9. The summed E-state index contributed by atoms with van der Waals surface area (Å²) in [5, 5.41) is 6.82. The molecular weight excluding hydrogens is 517 g/mol. The van der Waals surface area contributed by atoms with Crippen molar-refractivity contribution in [2.45, 2.75) is 69.2 Å². The third-order valence-corrected chi connectivity index (χ3v) is 8.33.